The summed E-state index contributed by atoms with van der Waals surface area (Å²) in [4.78, 5) is 0.178. The third-order valence-corrected chi connectivity index (χ3v) is 3.99. The van der Waals surface area contributed by atoms with Crippen LogP contribution in [0.15, 0.2) is 29.2 Å². The van der Waals surface area contributed by atoms with Crippen LogP contribution in [-0.2, 0) is 10.0 Å². The molecular weight excluding hydrogens is 274 g/mol. The van der Waals surface area contributed by atoms with Gasteiger partial charge in [-0.1, -0.05) is 19.4 Å². The van der Waals surface area contributed by atoms with E-state index in [4.69, 9.17) is 9.88 Å². The fraction of sp³-hybridized carbons (Fsp3) is 0.467. The minimum atomic E-state index is -3.72. The number of hydrogen-bond donors (Lipinski definition) is 1. The van der Waals surface area contributed by atoms with Gasteiger partial charge in [0.05, 0.1) is 11.5 Å². The van der Waals surface area contributed by atoms with E-state index in [1.54, 1.807) is 12.1 Å². The third kappa shape index (κ3) is 4.35. The fourth-order valence-electron chi connectivity index (χ4n) is 1.87. The molecule has 0 bridgehead atoms. The maximum absolute atomic E-state index is 11.7. The standard InChI is InChI=1S/C15H23NO3S/c1-10(2)6-7-19-14-9-13(11(3)4)15(8-12(14)5)20(16,17)18/h8-9,11H,1,6-7H2,2-5H3,(H2,16,17,18). The fourth-order valence-corrected chi connectivity index (χ4v) is 2.83. The Hall–Kier alpha value is -1.33. The second-order valence-electron chi connectivity index (χ2n) is 5.41. The van der Waals surface area contributed by atoms with E-state index in [9.17, 15) is 8.42 Å². The highest BCUT2D eigenvalue weighted by molar-refractivity contribution is 7.89. The molecule has 0 spiro atoms. The van der Waals surface area contributed by atoms with Crippen molar-refractivity contribution in [3.05, 3.63) is 35.4 Å². The zero-order chi connectivity index (χ0) is 15.5. The van der Waals surface area contributed by atoms with Crippen LogP contribution in [0, 0.1) is 6.92 Å². The Bertz CT molecular complexity index is 604. The van der Waals surface area contributed by atoms with Crippen LogP contribution < -0.4 is 9.88 Å². The van der Waals surface area contributed by atoms with Crippen molar-refractivity contribution in [1.82, 2.24) is 0 Å². The van der Waals surface area contributed by atoms with E-state index in [0.717, 1.165) is 17.6 Å². The molecule has 0 unspecified atom stereocenters. The molecule has 0 aliphatic rings. The van der Waals surface area contributed by atoms with E-state index in [1.807, 2.05) is 27.7 Å². The largest absolute Gasteiger partial charge is 0.493 e. The van der Waals surface area contributed by atoms with Gasteiger partial charge < -0.3 is 4.74 Å². The first-order chi connectivity index (χ1) is 9.12. The number of nitrogens with two attached hydrogens (primary N) is 1. The molecule has 0 radical (unpaired) electrons. The van der Waals surface area contributed by atoms with Crippen molar-refractivity contribution in [3.8, 4) is 5.75 Å². The second kappa shape index (κ2) is 6.41. The van der Waals surface area contributed by atoms with E-state index in [1.165, 1.54) is 0 Å². The number of rotatable bonds is 6. The smallest absolute Gasteiger partial charge is 0.238 e. The molecule has 0 aromatic heterocycles. The van der Waals surface area contributed by atoms with Crippen molar-refractivity contribution >= 4 is 10.0 Å². The first-order valence-corrected chi connectivity index (χ1v) is 8.12. The van der Waals surface area contributed by atoms with Crippen LogP contribution >= 0.6 is 0 Å². The number of primary sulfonamides is 1. The quantitative estimate of drug-likeness (QED) is 0.820. The zero-order valence-electron chi connectivity index (χ0n) is 12.6. The number of benzene rings is 1. The minimum absolute atomic E-state index is 0.0485. The third-order valence-electron chi connectivity index (χ3n) is 3.02. The number of hydrogen-bond acceptors (Lipinski definition) is 3. The van der Waals surface area contributed by atoms with Gasteiger partial charge in [-0.25, -0.2) is 13.6 Å². The van der Waals surface area contributed by atoms with E-state index in [2.05, 4.69) is 6.58 Å². The summed E-state index contributed by atoms with van der Waals surface area (Å²) in [6.45, 7) is 12.0. The van der Waals surface area contributed by atoms with E-state index in [0.29, 0.717) is 17.9 Å². The molecule has 5 heteroatoms. The lowest BCUT2D eigenvalue weighted by Gasteiger charge is -2.16. The normalized spacial score (nSPS) is 11.7. The number of aryl methyl sites for hydroxylation is 1. The molecule has 112 valence electrons. The molecule has 0 heterocycles. The van der Waals surface area contributed by atoms with Crippen molar-refractivity contribution in [2.75, 3.05) is 6.61 Å². The summed E-state index contributed by atoms with van der Waals surface area (Å²) >= 11 is 0. The van der Waals surface area contributed by atoms with Crippen LogP contribution in [0.25, 0.3) is 0 Å². The monoisotopic (exact) mass is 297 g/mol. The molecule has 4 nitrogen and oxygen atoms in total. The van der Waals surface area contributed by atoms with Crippen molar-refractivity contribution < 1.29 is 13.2 Å². The average molecular weight is 297 g/mol. The maximum atomic E-state index is 11.7. The van der Waals surface area contributed by atoms with Gasteiger partial charge in [0.15, 0.2) is 0 Å². The summed E-state index contributed by atoms with van der Waals surface area (Å²) in [5.74, 6) is 0.745. The Kier molecular flexibility index (Phi) is 5.36. The first kappa shape index (κ1) is 16.7. The van der Waals surface area contributed by atoms with Crippen LogP contribution in [0.2, 0.25) is 0 Å². The molecule has 2 N–H and O–H groups in total. The molecule has 0 amide bonds. The first-order valence-electron chi connectivity index (χ1n) is 6.57. The van der Waals surface area contributed by atoms with Gasteiger partial charge in [-0.05, 0) is 43.0 Å². The summed E-state index contributed by atoms with van der Waals surface area (Å²) in [6, 6.07) is 3.36. The van der Waals surface area contributed by atoms with E-state index in [-0.39, 0.29) is 10.8 Å². The Labute approximate surface area is 121 Å². The molecular formula is C15H23NO3S. The second-order valence-corrected chi connectivity index (χ2v) is 6.94. The summed E-state index contributed by atoms with van der Waals surface area (Å²) in [5, 5.41) is 5.27. The highest BCUT2D eigenvalue weighted by atomic mass is 32.2. The van der Waals surface area contributed by atoms with Crippen LogP contribution in [0.5, 0.6) is 5.75 Å². The van der Waals surface area contributed by atoms with Gasteiger partial charge >= 0.3 is 0 Å². The maximum Gasteiger partial charge on any atom is 0.238 e. The highest BCUT2D eigenvalue weighted by Crippen LogP contribution is 2.30. The molecule has 20 heavy (non-hydrogen) atoms. The van der Waals surface area contributed by atoms with Gasteiger partial charge in [0.25, 0.3) is 0 Å². The van der Waals surface area contributed by atoms with Crippen LogP contribution in [0.4, 0.5) is 0 Å². The predicted molar refractivity (Wildman–Crippen MR) is 81.6 cm³/mol. The van der Waals surface area contributed by atoms with Crippen LogP contribution in [0.1, 0.15) is 44.2 Å². The topological polar surface area (TPSA) is 69.4 Å². The Morgan fingerprint density at radius 2 is 2.00 bits per heavy atom. The Balaban J connectivity index is 3.17. The van der Waals surface area contributed by atoms with Crippen molar-refractivity contribution in [2.24, 2.45) is 5.14 Å². The molecule has 0 fully saturated rings. The van der Waals surface area contributed by atoms with Crippen LogP contribution in [0.3, 0.4) is 0 Å². The average Bonchev–Trinajstić information content (AvgIpc) is 2.28. The Morgan fingerprint density at radius 3 is 2.45 bits per heavy atom. The summed E-state index contributed by atoms with van der Waals surface area (Å²) in [5.41, 5.74) is 2.50. The molecule has 1 aromatic rings. The van der Waals surface area contributed by atoms with Crippen LogP contribution in [-0.4, -0.2) is 15.0 Å². The molecule has 0 atom stereocenters. The minimum Gasteiger partial charge on any atom is -0.493 e. The SMILES string of the molecule is C=C(C)CCOc1cc(C(C)C)c(S(N)(=O)=O)cc1C. The number of sulfonamides is 1. The van der Waals surface area contributed by atoms with Gasteiger partial charge in [-0.3, -0.25) is 0 Å². The van der Waals surface area contributed by atoms with Gasteiger partial charge in [-0.2, -0.15) is 0 Å². The molecule has 0 aliphatic carbocycles. The van der Waals surface area contributed by atoms with Gasteiger partial charge in [0.1, 0.15) is 5.75 Å². The predicted octanol–water partition coefficient (Wildman–Crippen LogP) is 3.11. The van der Waals surface area contributed by atoms with E-state index >= 15 is 0 Å². The summed E-state index contributed by atoms with van der Waals surface area (Å²) in [6.07, 6.45) is 0.771. The summed E-state index contributed by atoms with van der Waals surface area (Å²) < 4.78 is 29.0. The summed E-state index contributed by atoms with van der Waals surface area (Å²) in [7, 11) is -3.72. The molecule has 1 rings (SSSR count). The number of ether oxygens (including phenoxy) is 1. The van der Waals surface area contributed by atoms with Crippen molar-refractivity contribution in [3.63, 3.8) is 0 Å². The lowest BCUT2D eigenvalue weighted by molar-refractivity contribution is 0.319. The lowest BCUT2D eigenvalue weighted by atomic mass is 10.0. The molecule has 0 saturated carbocycles. The zero-order valence-corrected chi connectivity index (χ0v) is 13.4. The highest BCUT2D eigenvalue weighted by Gasteiger charge is 2.19. The molecule has 1 aromatic carbocycles. The molecule has 0 aliphatic heterocycles. The van der Waals surface area contributed by atoms with Gasteiger partial charge in [0.2, 0.25) is 10.0 Å². The lowest BCUT2D eigenvalue weighted by Crippen LogP contribution is -2.16. The molecule has 0 saturated heterocycles. The van der Waals surface area contributed by atoms with Gasteiger partial charge in [-0.15, -0.1) is 6.58 Å². The van der Waals surface area contributed by atoms with Crippen molar-refractivity contribution in [1.29, 1.82) is 0 Å². The van der Waals surface area contributed by atoms with Crippen molar-refractivity contribution in [2.45, 2.75) is 44.9 Å². The van der Waals surface area contributed by atoms with Gasteiger partial charge in [0, 0.05) is 6.42 Å². The Morgan fingerprint density at radius 1 is 1.40 bits per heavy atom. The van der Waals surface area contributed by atoms with E-state index < -0.39 is 10.0 Å².